The Hall–Kier alpha value is -3.84. The molecule has 3 rings (SSSR count). The van der Waals surface area contributed by atoms with E-state index in [1.165, 1.54) is 0 Å². The van der Waals surface area contributed by atoms with Gasteiger partial charge in [-0.3, -0.25) is 10.1 Å². The fourth-order valence-corrected chi connectivity index (χ4v) is 2.91. The fourth-order valence-electron chi connectivity index (χ4n) is 2.91. The molecule has 0 atom stereocenters. The number of hydrogen-bond acceptors (Lipinski definition) is 5. The average Bonchev–Trinajstić information content (AvgIpc) is 2.76. The van der Waals surface area contributed by atoms with Crippen molar-refractivity contribution in [2.45, 2.75) is 13.0 Å². The van der Waals surface area contributed by atoms with E-state index < -0.39 is 52.3 Å². The zero-order valence-electron chi connectivity index (χ0n) is 17.4. The monoisotopic (exact) mass is 482 g/mol. The van der Waals surface area contributed by atoms with E-state index in [-0.39, 0.29) is 29.3 Å². The summed E-state index contributed by atoms with van der Waals surface area (Å²) in [4.78, 5) is 30.3. The maximum Gasteiger partial charge on any atom is 0.326 e. The molecule has 0 radical (unpaired) electrons. The number of halogens is 5. The first-order chi connectivity index (χ1) is 16.2. The van der Waals surface area contributed by atoms with Crippen LogP contribution in [0.4, 0.5) is 38.4 Å². The van der Waals surface area contributed by atoms with Crippen molar-refractivity contribution in [2.24, 2.45) is 5.73 Å². The highest BCUT2D eigenvalue weighted by molar-refractivity contribution is 5.98. The second kappa shape index (κ2) is 10.9. The quantitative estimate of drug-likeness (QED) is 0.192. The van der Waals surface area contributed by atoms with Crippen LogP contribution in [0.1, 0.15) is 12.0 Å². The van der Waals surface area contributed by atoms with Gasteiger partial charge in [-0.05, 0) is 37.2 Å². The van der Waals surface area contributed by atoms with Crippen molar-refractivity contribution in [3.05, 3.63) is 75.5 Å². The highest BCUT2D eigenvalue weighted by atomic mass is 19.2. The molecule has 0 bridgehead atoms. The minimum Gasteiger partial charge on any atom is -0.331 e. The predicted molar refractivity (Wildman–Crippen MR) is 115 cm³/mol. The van der Waals surface area contributed by atoms with Gasteiger partial charge in [-0.2, -0.15) is 4.98 Å². The molecule has 0 spiro atoms. The van der Waals surface area contributed by atoms with Crippen LogP contribution < -0.4 is 27.2 Å². The number of H-pyrrole nitrogens is 1. The second-order valence-corrected chi connectivity index (χ2v) is 7.03. The standard InChI is InChI=1S/C21H19F5N6O2/c22-13-4-10(5-14(23)12(13)8-28-3-1-2-27)11-9-29-20(31-19(11)33)32-21(34)30-18-7-16(25)15(24)6-17(18)26/h4-7,9,28H,1-3,8,27H2,(H3,29,30,31,32,33,34). The summed E-state index contributed by atoms with van der Waals surface area (Å²) < 4.78 is 68.6. The third-order valence-electron chi connectivity index (χ3n) is 4.60. The second-order valence-electron chi connectivity index (χ2n) is 7.03. The van der Waals surface area contributed by atoms with E-state index in [1.54, 1.807) is 0 Å². The number of aromatic amines is 1. The molecule has 0 unspecified atom stereocenters. The fraction of sp³-hybridized carbons (Fsp3) is 0.190. The molecule has 1 aromatic heterocycles. The van der Waals surface area contributed by atoms with Crippen molar-refractivity contribution in [2.75, 3.05) is 23.7 Å². The molecule has 0 fully saturated rings. The van der Waals surface area contributed by atoms with Crippen molar-refractivity contribution in [3.8, 4) is 11.1 Å². The molecule has 0 saturated carbocycles. The third kappa shape index (κ3) is 5.94. The molecule has 2 amide bonds. The van der Waals surface area contributed by atoms with Crippen LogP contribution in [0.5, 0.6) is 0 Å². The van der Waals surface area contributed by atoms with Crippen LogP contribution in [0.2, 0.25) is 0 Å². The summed E-state index contributed by atoms with van der Waals surface area (Å²) in [6.45, 7) is 0.843. The van der Waals surface area contributed by atoms with Crippen molar-refractivity contribution in [3.63, 3.8) is 0 Å². The lowest BCUT2D eigenvalue weighted by Gasteiger charge is -2.10. The normalized spacial score (nSPS) is 10.9. The van der Waals surface area contributed by atoms with Crippen LogP contribution in [0.25, 0.3) is 11.1 Å². The predicted octanol–water partition coefficient (Wildman–Crippen LogP) is 3.21. The Bertz CT molecular complexity index is 1240. The number of carbonyl (C=O) groups is 1. The van der Waals surface area contributed by atoms with Gasteiger partial charge in [0.05, 0.1) is 11.3 Å². The van der Waals surface area contributed by atoms with Gasteiger partial charge in [0.15, 0.2) is 11.6 Å². The Kier molecular flexibility index (Phi) is 7.91. The molecule has 0 saturated heterocycles. The highest BCUT2D eigenvalue weighted by Gasteiger charge is 2.16. The summed E-state index contributed by atoms with van der Waals surface area (Å²) >= 11 is 0. The van der Waals surface area contributed by atoms with Gasteiger partial charge in [0.1, 0.15) is 17.5 Å². The Morgan fingerprint density at radius 2 is 1.62 bits per heavy atom. The van der Waals surface area contributed by atoms with Crippen LogP contribution in [0, 0.1) is 29.1 Å². The molecule has 34 heavy (non-hydrogen) atoms. The molecule has 13 heteroatoms. The molecule has 2 aromatic carbocycles. The molecular formula is C21H19F5N6O2. The van der Waals surface area contributed by atoms with Gasteiger partial charge in [0.25, 0.3) is 5.56 Å². The number of rotatable bonds is 8. The molecule has 1 heterocycles. The summed E-state index contributed by atoms with van der Waals surface area (Å²) in [7, 11) is 0. The third-order valence-corrected chi connectivity index (χ3v) is 4.60. The van der Waals surface area contributed by atoms with Gasteiger partial charge in [0.2, 0.25) is 5.95 Å². The Labute approximate surface area is 189 Å². The maximum atomic E-state index is 14.4. The summed E-state index contributed by atoms with van der Waals surface area (Å²) in [6.07, 6.45) is 1.70. The van der Waals surface area contributed by atoms with Crippen molar-refractivity contribution < 1.29 is 26.7 Å². The number of nitrogens with zero attached hydrogens (tertiary/aromatic N) is 1. The van der Waals surface area contributed by atoms with Crippen molar-refractivity contribution in [1.29, 1.82) is 0 Å². The van der Waals surface area contributed by atoms with E-state index in [0.29, 0.717) is 25.6 Å². The van der Waals surface area contributed by atoms with Crippen molar-refractivity contribution >= 4 is 17.7 Å². The largest absolute Gasteiger partial charge is 0.331 e. The summed E-state index contributed by atoms with van der Waals surface area (Å²) in [5.74, 6) is -6.18. The summed E-state index contributed by atoms with van der Waals surface area (Å²) in [5, 5.41) is 6.86. The Morgan fingerprint density at radius 1 is 0.941 bits per heavy atom. The topological polar surface area (TPSA) is 125 Å². The minimum absolute atomic E-state index is 0.0664. The number of nitrogens with one attached hydrogen (secondary N) is 4. The van der Waals surface area contributed by atoms with Gasteiger partial charge in [0, 0.05) is 30.4 Å². The molecule has 6 N–H and O–H groups in total. The van der Waals surface area contributed by atoms with Crippen LogP contribution in [0.3, 0.4) is 0 Å². The van der Waals surface area contributed by atoms with Gasteiger partial charge >= 0.3 is 6.03 Å². The van der Waals surface area contributed by atoms with Gasteiger partial charge in [-0.1, -0.05) is 0 Å². The average molecular weight is 482 g/mol. The summed E-state index contributed by atoms with van der Waals surface area (Å²) in [5.41, 5.74) is 3.30. The van der Waals surface area contributed by atoms with E-state index in [2.05, 4.69) is 20.6 Å². The lowest BCUT2D eigenvalue weighted by molar-refractivity contribution is 0.262. The smallest absolute Gasteiger partial charge is 0.326 e. The zero-order chi connectivity index (χ0) is 24.8. The SMILES string of the molecule is NCCCNCc1c(F)cc(-c2c[nH]c(NC(=O)Nc3cc(F)c(F)cc3F)nc2=O)cc1F. The first kappa shape index (κ1) is 24.8. The minimum atomic E-state index is -1.44. The van der Waals surface area contributed by atoms with Gasteiger partial charge in [-0.25, -0.2) is 26.7 Å². The first-order valence-corrected chi connectivity index (χ1v) is 9.91. The van der Waals surface area contributed by atoms with E-state index in [1.807, 2.05) is 5.32 Å². The molecule has 8 nitrogen and oxygen atoms in total. The number of anilines is 2. The van der Waals surface area contributed by atoms with Crippen molar-refractivity contribution in [1.82, 2.24) is 15.3 Å². The number of aromatic nitrogens is 2. The lowest BCUT2D eigenvalue weighted by atomic mass is 10.0. The maximum absolute atomic E-state index is 14.4. The van der Waals surface area contributed by atoms with Gasteiger partial charge in [-0.15, -0.1) is 0 Å². The number of benzene rings is 2. The van der Waals surface area contributed by atoms with E-state index in [4.69, 9.17) is 5.73 Å². The van der Waals surface area contributed by atoms with Crippen LogP contribution >= 0.6 is 0 Å². The molecular weight excluding hydrogens is 463 g/mol. The van der Waals surface area contributed by atoms with Gasteiger partial charge < -0.3 is 21.4 Å². The highest BCUT2D eigenvalue weighted by Crippen LogP contribution is 2.22. The van der Waals surface area contributed by atoms with E-state index >= 15 is 0 Å². The van der Waals surface area contributed by atoms with Crippen LogP contribution in [0.15, 0.2) is 35.3 Å². The Morgan fingerprint density at radius 3 is 2.26 bits per heavy atom. The first-order valence-electron chi connectivity index (χ1n) is 9.91. The zero-order valence-corrected chi connectivity index (χ0v) is 17.4. The number of amides is 2. The number of urea groups is 1. The number of hydrogen-bond donors (Lipinski definition) is 5. The molecule has 3 aromatic rings. The number of carbonyl (C=O) groups excluding carboxylic acids is 1. The number of nitrogens with two attached hydrogens (primary N) is 1. The van der Waals surface area contributed by atoms with E-state index in [0.717, 1.165) is 18.3 Å². The van der Waals surface area contributed by atoms with Crippen LogP contribution in [-0.2, 0) is 6.54 Å². The summed E-state index contributed by atoms with van der Waals surface area (Å²) in [6, 6.07) is 1.51. The lowest BCUT2D eigenvalue weighted by Crippen LogP contribution is -2.24. The molecule has 0 aliphatic carbocycles. The molecule has 180 valence electrons. The molecule has 0 aliphatic rings. The Balaban J connectivity index is 1.73. The molecule has 0 aliphatic heterocycles. The van der Waals surface area contributed by atoms with E-state index in [9.17, 15) is 31.5 Å². The van der Waals surface area contributed by atoms with Crippen LogP contribution in [-0.4, -0.2) is 29.1 Å².